The molecule has 0 radical (unpaired) electrons. The molecule has 0 saturated carbocycles. The first-order valence-electron chi connectivity index (χ1n) is 31.0. The molecule has 3 aromatic heterocycles. The molecule has 0 amide bonds. The zero-order valence-electron chi connectivity index (χ0n) is 50.6. The molecule has 18 rings (SSSR count). The van der Waals surface area contributed by atoms with Gasteiger partial charge in [0.2, 0.25) is 0 Å². The highest BCUT2D eigenvalue weighted by Gasteiger charge is 2.52. The van der Waals surface area contributed by atoms with E-state index in [0.717, 1.165) is 83.3 Å². The lowest BCUT2D eigenvalue weighted by Crippen LogP contribution is -2.33. The first-order chi connectivity index (χ1) is 43.7. The summed E-state index contributed by atoms with van der Waals surface area (Å²) in [6, 6.07) is 88.1. The average Bonchev–Trinajstić information content (AvgIpc) is 1.46. The molecule has 0 fully saturated rings. The second-order valence-electron chi connectivity index (χ2n) is 26.6. The minimum absolute atomic E-state index is 0.0924. The van der Waals surface area contributed by atoms with Crippen molar-refractivity contribution in [1.82, 2.24) is 4.57 Å². The number of hydrogen-bond acceptors (Lipinski definition) is 4. The standard InChI is InChI=1S/C83H59F2N3O2/c1-81(2,3)50-33-37-52(38-34-50)86(72-29-15-23-60-58-21-13-26-68(84)77(58)89-79(60)72)54-41-44-70-62(45-54)63-46-55(87(53-39-35-51(36-40-53)82(4,5)6)73-30-16-24-61-59-22-14-27-69(85)78(59)90-80(61)73)47-67-76(63)88(70)71-28-12-11-25-64(71)83(67)65-42-31-48-17-7-9-19-56(48)74(65)75-57-20-10-8-18-49(57)32-43-66(75)83/h7-47H,1-6H3. The molecule has 432 valence electrons. The van der Waals surface area contributed by atoms with Gasteiger partial charge in [-0.25, -0.2) is 8.78 Å². The molecule has 90 heavy (non-hydrogen) atoms. The molecule has 0 saturated heterocycles. The van der Waals surface area contributed by atoms with Crippen LogP contribution in [0.3, 0.4) is 0 Å². The Bertz CT molecular complexity index is 5650. The average molecular weight is 1170 g/mol. The number of aromatic nitrogens is 1. The number of para-hydroxylation sites is 5. The number of hydrogen-bond donors (Lipinski definition) is 0. The summed E-state index contributed by atoms with van der Waals surface area (Å²) in [5.74, 6) is -0.816. The molecule has 13 aromatic carbocycles. The Morgan fingerprint density at radius 2 is 0.789 bits per heavy atom. The smallest absolute Gasteiger partial charge is 0.171 e. The van der Waals surface area contributed by atoms with Crippen LogP contribution in [0.2, 0.25) is 0 Å². The Balaban J connectivity index is 1.00. The Hall–Kier alpha value is -10.8. The van der Waals surface area contributed by atoms with Crippen molar-refractivity contribution in [1.29, 1.82) is 0 Å². The van der Waals surface area contributed by atoms with E-state index < -0.39 is 17.0 Å². The van der Waals surface area contributed by atoms with Gasteiger partial charge in [0.15, 0.2) is 34.0 Å². The van der Waals surface area contributed by atoms with Crippen LogP contribution < -0.4 is 9.80 Å². The van der Waals surface area contributed by atoms with Crippen molar-refractivity contribution in [2.75, 3.05) is 9.80 Å². The molecule has 4 heterocycles. The van der Waals surface area contributed by atoms with E-state index in [9.17, 15) is 0 Å². The van der Waals surface area contributed by atoms with E-state index in [4.69, 9.17) is 8.83 Å². The van der Waals surface area contributed by atoms with Gasteiger partial charge < -0.3 is 23.2 Å². The third-order valence-electron chi connectivity index (χ3n) is 19.6. The number of benzene rings is 13. The summed E-state index contributed by atoms with van der Waals surface area (Å²) in [5.41, 5.74) is 18.6. The summed E-state index contributed by atoms with van der Waals surface area (Å²) in [5, 5.41) is 9.91. The van der Waals surface area contributed by atoms with Gasteiger partial charge in [-0.05, 0) is 162 Å². The minimum Gasteiger partial charge on any atom is -0.451 e. The second kappa shape index (κ2) is 18.6. The molecular weight excluding hydrogens is 1110 g/mol. The Morgan fingerprint density at radius 1 is 0.344 bits per heavy atom. The first-order valence-corrected chi connectivity index (χ1v) is 31.0. The van der Waals surface area contributed by atoms with Gasteiger partial charge in [-0.3, -0.25) is 0 Å². The number of anilines is 6. The predicted octanol–water partition coefficient (Wildman–Crippen LogP) is 23.4. The number of halogens is 2. The van der Waals surface area contributed by atoms with Gasteiger partial charge in [-0.15, -0.1) is 0 Å². The molecule has 1 spiro atoms. The van der Waals surface area contributed by atoms with Crippen molar-refractivity contribution >= 4 is 121 Å². The van der Waals surface area contributed by atoms with Crippen molar-refractivity contribution in [2.45, 2.75) is 57.8 Å². The van der Waals surface area contributed by atoms with E-state index in [-0.39, 0.29) is 22.0 Å². The highest BCUT2D eigenvalue weighted by molar-refractivity contribution is 6.19. The highest BCUT2D eigenvalue weighted by Crippen LogP contribution is 2.64. The molecule has 0 unspecified atom stereocenters. The number of nitrogens with zero attached hydrogens (tertiary/aromatic N) is 3. The van der Waals surface area contributed by atoms with Gasteiger partial charge in [0.05, 0.1) is 33.5 Å². The third kappa shape index (κ3) is 7.23. The van der Waals surface area contributed by atoms with E-state index in [1.165, 1.54) is 72.6 Å². The van der Waals surface area contributed by atoms with E-state index in [0.29, 0.717) is 16.6 Å². The van der Waals surface area contributed by atoms with Crippen LogP contribution >= 0.6 is 0 Å². The second-order valence-corrected chi connectivity index (χ2v) is 26.6. The molecule has 5 nitrogen and oxygen atoms in total. The minimum atomic E-state index is -0.861. The number of fused-ring (bicyclic) bond motifs is 22. The monoisotopic (exact) mass is 1170 g/mol. The molecule has 0 bridgehead atoms. The fourth-order valence-corrected chi connectivity index (χ4v) is 15.5. The van der Waals surface area contributed by atoms with Crippen LogP contribution in [0.4, 0.5) is 42.9 Å². The van der Waals surface area contributed by atoms with Crippen LogP contribution in [-0.4, -0.2) is 4.57 Å². The SMILES string of the molecule is CC(C)(C)c1ccc(N(c2ccc3c(c2)c2cc(N(c4ccc(C(C)(C)C)cc4)c4cccc5c4oc4c(F)cccc45)cc4c2n3-c2ccccc2C42c3ccc4ccccc4c3-c3c2ccc2ccccc32)c2cccc3c2oc2c(F)cccc23)cc1. The van der Waals surface area contributed by atoms with E-state index >= 15 is 8.78 Å². The first kappa shape index (κ1) is 52.4. The lowest BCUT2D eigenvalue weighted by molar-refractivity contribution is 0.584. The summed E-state index contributed by atoms with van der Waals surface area (Å²) in [4.78, 5) is 4.59. The van der Waals surface area contributed by atoms with Gasteiger partial charge in [0.1, 0.15) is 0 Å². The highest BCUT2D eigenvalue weighted by atomic mass is 19.1. The normalized spacial score (nSPS) is 13.4. The zero-order chi connectivity index (χ0) is 60.7. The van der Waals surface area contributed by atoms with Crippen LogP contribution in [0.15, 0.2) is 258 Å². The van der Waals surface area contributed by atoms with Gasteiger partial charge in [-0.2, -0.15) is 0 Å². The van der Waals surface area contributed by atoms with Crippen molar-refractivity contribution in [3.63, 3.8) is 0 Å². The molecule has 2 aliphatic rings. The third-order valence-corrected chi connectivity index (χ3v) is 19.6. The van der Waals surface area contributed by atoms with E-state index in [1.54, 1.807) is 12.1 Å². The van der Waals surface area contributed by atoms with Crippen molar-refractivity contribution in [3.8, 4) is 16.8 Å². The lowest BCUT2D eigenvalue weighted by Gasteiger charge is -2.40. The van der Waals surface area contributed by atoms with Crippen molar-refractivity contribution in [3.05, 3.63) is 294 Å². The summed E-state index contributed by atoms with van der Waals surface area (Å²) in [6.07, 6.45) is 0. The Kier molecular flexibility index (Phi) is 10.8. The van der Waals surface area contributed by atoms with Gasteiger partial charge in [-0.1, -0.05) is 205 Å². The zero-order valence-corrected chi connectivity index (χ0v) is 50.6. The van der Waals surface area contributed by atoms with Crippen LogP contribution in [0, 0.1) is 11.6 Å². The van der Waals surface area contributed by atoms with Crippen molar-refractivity contribution < 1.29 is 17.6 Å². The van der Waals surface area contributed by atoms with Crippen LogP contribution in [0.1, 0.15) is 74.9 Å². The molecule has 16 aromatic rings. The molecule has 0 N–H and O–H groups in total. The van der Waals surface area contributed by atoms with Gasteiger partial charge >= 0.3 is 0 Å². The summed E-state index contributed by atoms with van der Waals surface area (Å²) in [7, 11) is 0. The predicted molar refractivity (Wildman–Crippen MR) is 368 cm³/mol. The van der Waals surface area contributed by atoms with E-state index in [1.807, 2.05) is 30.3 Å². The summed E-state index contributed by atoms with van der Waals surface area (Å²) < 4.78 is 47.9. The fraction of sp³-hybridized carbons (Fsp3) is 0.108. The molecule has 7 heteroatoms. The topological polar surface area (TPSA) is 37.7 Å². The van der Waals surface area contributed by atoms with Crippen molar-refractivity contribution in [2.24, 2.45) is 0 Å². The van der Waals surface area contributed by atoms with Crippen LogP contribution in [-0.2, 0) is 16.2 Å². The summed E-state index contributed by atoms with van der Waals surface area (Å²) >= 11 is 0. The maximum atomic E-state index is 16.1. The van der Waals surface area contributed by atoms with Crippen LogP contribution in [0.25, 0.3) is 104 Å². The molecule has 1 aliphatic heterocycles. The maximum absolute atomic E-state index is 16.1. The van der Waals surface area contributed by atoms with Gasteiger partial charge in [0, 0.05) is 55.1 Å². The maximum Gasteiger partial charge on any atom is 0.171 e. The van der Waals surface area contributed by atoms with E-state index in [2.05, 4.69) is 250 Å². The Morgan fingerprint density at radius 3 is 1.32 bits per heavy atom. The fourth-order valence-electron chi connectivity index (χ4n) is 15.5. The number of furan rings is 2. The summed E-state index contributed by atoms with van der Waals surface area (Å²) in [6.45, 7) is 13.4. The largest absolute Gasteiger partial charge is 0.451 e. The number of rotatable bonds is 6. The lowest BCUT2D eigenvalue weighted by atomic mass is 9.65. The Labute approximate surface area is 518 Å². The molecular formula is C83H59F2N3O2. The molecule has 1 aliphatic carbocycles. The quantitative estimate of drug-likeness (QED) is 0.166. The van der Waals surface area contributed by atoms with Crippen LogP contribution in [0.5, 0.6) is 0 Å². The van der Waals surface area contributed by atoms with Gasteiger partial charge in [0.25, 0.3) is 0 Å². The molecule has 0 atom stereocenters.